The van der Waals surface area contributed by atoms with Gasteiger partial charge in [-0.1, -0.05) is 62.8 Å². The van der Waals surface area contributed by atoms with Crippen molar-refractivity contribution in [2.45, 2.75) is 122 Å². The molecule has 4 fully saturated rings. The molecule has 324 valence electrons. The molecule has 1 amide bonds. The Morgan fingerprint density at radius 1 is 0.917 bits per heavy atom. The van der Waals surface area contributed by atoms with Crippen LogP contribution in [0.3, 0.4) is 0 Å². The van der Waals surface area contributed by atoms with E-state index in [-0.39, 0.29) is 41.3 Å². The molecule has 3 aromatic carbocycles. The monoisotopic (exact) mass is 829 g/mol. The summed E-state index contributed by atoms with van der Waals surface area (Å²) in [5.74, 6) is 1.61. The van der Waals surface area contributed by atoms with Crippen molar-refractivity contribution in [2.75, 3.05) is 27.3 Å². The molecule has 7 atom stereocenters. The number of fused-ring (bicyclic) bond motifs is 10. The minimum absolute atomic E-state index is 0.0704. The molecular weight excluding hydrogens is 768 g/mol. The maximum absolute atomic E-state index is 14.7. The molecule has 2 N–H and O–H groups in total. The fourth-order valence-corrected chi connectivity index (χ4v) is 11.5. The summed E-state index contributed by atoms with van der Waals surface area (Å²) in [5.41, 5.74) is 0.624. The van der Waals surface area contributed by atoms with E-state index in [2.05, 4.69) is 33.8 Å². The number of halogens is 3. The average Bonchev–Trinajstić information content (AvgIpc) is 3.47. The Kier molecular flexibility index (Phi) is 12.4. The van der Waals surface area contributed by atoms with Crippen molar-refractivity contribution in [3.8, 4) is 11.5 Å². The lowest BCUT2D eigenvalue weighted by atomic mass is 9.45. The molecule has 6 aliphatic carbocycles. The Balaban J connectivity index is 1.28. The Labute approximate surface area is 353 Å². The first-order valence-electron chi connectivity index (χ1n) is 21.8. The van der Waals surface area contributed by atoms with Crippen LogP contribution in [0.15, 0.2) is 72.3 Å². The van der Waals surface area contributed by atoms with Gasteiger partial charge in [0, 0.05) is 29.6 Å². The molecule has 0 radical (unpaired) electrons. The quantitative estimate of drug-likeness (QED) is 0.156. The fraction of sp³-hybridized carbons (Fsp3) is 0.560. The summed E-state index contributed by atoms with van der Waals surface area (Å²) in [7, 11) is 3.14. The standard InChI is InChI=1S/C50H62F3NO6/c1-31-9-8-21-48(4)41(39-18-13-32(23-38(55)17-12-31)24-40(39)46(57)34-10-7-11-37(27-34)50(51,52)53)20-22-49(48,58)30-54(29-35-15-16-36-28-42(35)47(36,2)3)45(56)26-33-14-19-43(59-5)44(25-33)60-6/h7,9-11,13-14,18-19,24-25,27,35-36,38,41-42,55,58H,8,12,15-17,20-23,26,28-30H2,1-6H3. The first-order chi connectivity index (χ1) is 28.4. The molecule has 6 aliphatic rings. The fourth-order valence-electron chi connectivity index (χ4n) is 11.5. The first kappa shape index (κ1) is 43.9. The number of hydrogen-bond donors (Lipinski definition) is 2. The lowest BCUT2D eigenvalue weighted by Gasteiger charge is -2.61. The molecule has 0 heterocycles. The number of ether oxygens (including phenoxy) is 2. The van der Waals surface area contributed by atoms with Crippen LogP contribution in [0.1, 0.15) is 130 Å². The van der Waals surface area contributed by atoms with Gasteiger partial charge in [0.1, 0.15) is 0 Å². The third-order valence-electron chi connectivity index (χ3n) is 15.4. The van der Waals surface area contributed by atoms with Crippen molar-refractivity contribution < 1.29 is 42.4 Å². The molecule has 0 saturated heterocycles. The number of alkyl halides is 3. The summed E-state index contributed by atoms with van der Waals surface area (Å²) in [6.45, 7) is 9.48. The van der Waals surface area contributed by atoms with E-state index in [1.165, 1.54) is 12.1 Å². The van der Waals surface area contributed by atoms with E-state index in [9.17, 15) is 33.0 Å². The van der Waals surface area contributed by atoms with Crippen molar-refractivity contribution in [1.29, 1.82) is 0 Å². The largest absolute Gasteiger partial charge is 0.493 e. The van der Waals surface area contributed by atoms with Gasteiger partial charge in [-0.25, -0.2) is 0 Å². The van der Waals surface area contributed by atoms with Crippen molar-refractivity contribution in [3.05, 3.63) is 106 Å². The van der Waals surface area contributed by atoms with Crippen molar-refractivity contribution >= 4 is 11.7 Å². The van der Waals surface area contributed by atoms with E-state index in [0.29, 0.717) is 86.3 Å². The Morgan fingerprint density at radius 3 is 2.38 bits per heavy atom. The van der Waals surface area contributed by atoms with Crippen LogP contribution in [0.25, 0.3) is 0 Å². The second kappa shape index (κ2) is 17.0. The zero-order valence-electron chi connectivity index (χ0n) is 36.0. The number of aliphatic hydroxyl groups excluding tert-OH is 1. The second-order valence-electron chi connectivity index (χ2n) is 19.2. The minimum atomic E-state index is -4.62. The molecule has 9 rings (SSSR count). The number of carbonyl (C=O) groups is 2. The van der Waals surface area contributed by atoms with E-state index in [0.717, 1.165) is 48.1 Å². The number of methoxy groups -OCH3 is 2. The summed E-state index contributed by atoms with van der Waals surface area (Å²) in [6.07, 6.45) is 3.86. The number of hydrogen-bond acceptors (Lipinski definition) is 6. The van der Waals surface area contributed by atoms with E-state index in [1.807, 2.05) is 29.2 Å². The van der Waals surface area contributed by atoms with Gasteiger partial charge >= 0.3 is 6.18 Å². The summed E-state index contributed by atoms with van der Waals surface area (Å²) in [5, 5.41) is 24.3. The van der Waals surface area contributed by atoms with Crippen molar-refractivity contribution in [3.63, 3.8) is 0 Å². The molecular formula is C50H62F3NO6. The normalized spacial score (nSPS) is 28.8. The lowest BCUT2D eigenvalue weighted by molar-refractivity contribution is -0.149. The number of rotatable bonds is 10. The highest BCUT2D eigenvalue weighted by Gasteiger charge is 2.59. The number of aliphatic hydroxyl groups is 2. The molecule has 0 spiro atoms. The second-order valence-corrected chi connectivity index (χ2v) is 19.2. The van der Waals surface area contributed by atoms with Gasteiger partial charge in [0.05, 0.1) is 37.9 Å². The van der Waals surface area contributed by atoms with E-state index >= 15 is 0 Å². The Hall–Kier alpha value is -4.15. The Bertz CT molecular complexity index is 2110. The summed E-state index contributed by atoms with van der Waals surface area (Å²) < 4.78 is 52.7. The number of carbonyl (C=O) groups excluding carboxylic acids is 2. The van der Waals surface area contributed by atoms with Gasteiger partial charge in [0.25, 0.3) is 0 Å². The lowest BCUT2D eigenvalue weighted by Crippen LogP contribution is -2.58. The van der Waals surface area contributed by atoms with Crippen LogP contribution in [0.5, 0.6) is 11.5 Å². The van der Waals surface area contributed by atoms with Gasteiger partial charge < -0.3 is 24.6 Å². The van der Waals surface area contributed by atoms with Crippen LogP contribution in [0.2, 0.25) is 0 Å². The predicted octanol–water partition coefficient (Wildman–Crippen LogP) is 10.1. The SMILES string of the molecule is COc1ccc(CC(=O)N(CC2CCC3CC2C3(C)C)CC2(O)CCC3c4ccc(cc4C(=O)c4cccc(C(F)(F)F)c4)CC(O)CCC(C)=CCCC32C)cc1OC. The average molecular weight is 830 g/mol. The summed E-state index contributed by atoms with van der Waals surface area (Å²) in [6, 6.07) is 15.6. The third kappa shape index (κ3) is 8.52. The molecule has 60 heavy (non-hydrogen) atoms. The highest BCUT2D eigenvalue weighted by Crippen LogP contribution is 2.62. The highest BCUT2D eigenvalue weighted by atomic mass is 19.4. The van der Waals surface area contributed by atoms with Gasteiger partial charge in [-0.2, -0.15) is 13.2 Å². The molecule has 7 unspecified atom stereocenters. The molecule has 0 aliphatic heterocycles. The van der Waals surface area contributed by atoms with Crippen LogP contribution in [0.4, 0.5) is 13.2 Å². The van der Waals surface area contributed by atoms with E-state index in [4.69, 9.17) is 9.47 Å². The number of nitrogens with zero attached hydrogens (tertiary/aromatic N) is 1. The zero-order valence-corrected chi connectivity index (χ0v) is 36.0. The van der Waals surface area contributed by atoms with Crippen LogP contribution in [0, 0.1) is 28.6 Å². The number of benzene rings is 3. The van der Waals surface area contributed by atoms with Gasteiger partial charge in [-0.15, -0.1) is 0 Å². The molecule has 4 saturated carbocycles. The van der Waals surface area contributed by atoms with Gasteiger partial charge in [-0.05, 0) is 147 Å². The molecule has 3 aromatic rings. The maximum atomic E-state index is 14.7. The first-order valence-corrected chi connectivity index (χ1v) is 21.8. The minimum Gasteiger partial charge on any atom is -0.493 e. The van der Waals surface area contributed by atoms with Crippen LogP contribution < -0.4 is 9.47 Å². The highest BCUT2D eigenvalue weighted by molar-refractivity contribution is 6.10. The molecule has 4 bridgehead atoms. The number of amides is 1. The number of ketones is 1. The number of allylic oxidation sites excluding steroid dienone is 2. The van der Waals surface area contributed by atoms with E-state index < -0.39 is 34.6 Å². The smallest absolute Gasteiger partial charge is 0.416 e. The van der Waals surface area contributed by atoms with Gasteiger partial charge in [0.15, 0.2) is 17.3 Å². The van der Waals surface area contributed by atoms with Crippen molar-refractivity contribution in [1.82, 2.24) is 4.90 Å². The van der Waals surface area contributed by atoms with Crippen LogP contribution in [-0.4, -0.2) is 65.8 Å². The van der Waals surface area contributed by atoms with E-state index in [1.54, 1.807) is 26.4 Å². The Morgan fingerprint density at radius 2 is 1.68 bits per heavy atom. The predicted molar refractivity (Wildman–Crippen MR) is 226 cm³/mol. The zero-order chi connectivity index (χ0) is 43.2. The molecule has 10 heteroatoms. The third-order valence-corrected chi connectivity index (χ3v) is 15.4. The van der Waals surface area contributed by atoms with Crippen LogP contribution in [-0.2, 0) is 23.8 Å². The topological polar surface area (TPSA) is 96.3 Å². The molecule has 7 nitrogen and oxygen atoms in total. The van der Waals surface area contributed by atoms with Gasteiger partial charge in [-0.3, -0.25) is 9.59 Å². The van der Waals surface area contributed by atoms with Crippen molar-refractivity contribution in [2.24, 2.45) is 28.6 Å². The van der Waals surface area contributed by atoms with Gasteiger partial charge in [0.2, 0.25) is 5.91 Å². The summed E-state index contributed by atoms with van der Waals surface area (Å²) in [4.78, 5) is 31.2. The van der Waals surface area contributed by atoms with Crippen LogP contribution >= 0.6 is 0 Å². The molecule has 0 aromatic heterocycles. The maximum Gasteiger partial charge on any atom is 0.416 e. The summed E-state index contributed by atoms with van der Waals surface area (Å²) >= 11 is 0.